The molecule has 9 heteroatoms. The Morgan fingerprint density at radius 1 is 1.16 bits per heavy atom. The van der Waals surface area contributed by atoms with E-state index in [4.69, 9.17) is 5.73 Å². The highest BCUT2D eigenvalue weighted by Gasteiger charge is 2.23. The minimum atomic E-state index is -1.18. The fourth-order valence-corrected chi connectivity index (χ4v) is 2.34. The second-order valence-corrected chi connectivity index (χ2v) is 5.71. The Labute approximate surface area is 148 Å². The molecule has 0 aliphatic rings. The quantitative estimate of drug-likeness (QED) is 0.716. The van der Waals surface area contributed by atoms with Gasteiger partial charge in [-0.3, -0.25) is 4.79 Å². The summed E-state index contributed by atoms with van der Waals surface area (Å²) in [6, 6.07) is 4.72. The van der Waals surface area contributed by atoms with Gasteiger partial charge in [0.25, 0.3) is 0 Å². The summed E-state index contributed by atoms with van der Waals surface area (Å²) in [6.45, 7) is 3.87. The zero-order chi connectivity index (χ0) is 17.4. The summed E-state index contributed by atoms with van der Waals surface area (Å²) in [5, 5.41) is 12.3. The zero-order valence-electron chi connectivity index (χ0n) is 13.5. The van der Waals surface area contributed by atoms with Crippen LogP contribution in [0.25, 0.3) is 5.65 Å². The summed E-state index contributed by atoms with van der Waals surface area (Å²) in [5.74, 6) is -1.70. The van der Waals surface area contributed by atoms with E-state index in [1.54, 1.807) is 6.07 Å². The van der Waals surface area contributed by atoms with Crippen LogP contribution in [0, 0.1) is 11.6 Å². The van der Waals surface area contributed by atoms with Crippen LogP contribution >= 0.6 is 12.4 Å². The maximum Gasteiger partial charge on any atom is 0.188 e. The van der Waals surface area contributed by atoms with Gasteiger partial charge in [-0.15, -0.1) is 22.6 Å². The monoisotopic (exact) mass is 367 g/mol. The maximum absolute atomic E-state index is 13.8. The molecule has 0 radical (unpaired) electrons. The second kappa shape index (κ2) is 7.20. The molecule has 0 amide bonds. The number of fused-ring (bicyclic) bond motifs is 1. The SMILES string of the molecule is CC(C)c1nnc2ccc(C(N)C(=O)c3ccc(F)cc3F)nn12.Cl. The highest BCUT2D eigenvalue weighted by molar-refractivity contribution is 6.00. The van der Waals surface area contributed by atoms with Crippen molar-refractivity contribution in [3.8, 4) is 0 Å². The molecule has 1 aromatic carbocycles. The number of ketones is 1. The number of benzene rings is 1. The summed E-state index contributed by atoms with van der Waals surface area (Å²) in [4.78, 5) is 12.4. The average molecular weight is 368 g/mol. The van der Waals surface area contributed by atoms with E-state index in [-0.39, 0.29) is 29.6 Å². The largest absolute Gasteiger partial charge is 0.316 e. The lowest BCUT2D eigenvalue weighted by molar-refractivity contribution is 0.0955. The van der Waals surface area contributed by atoms with E-state index in [1.807, 2.05) is 13.8 Å². The third-order valence-corrected chi connectivity index (χ3v) is 3.62. The summed E-state index contributed by atoms with van der Waals surface area (Å²) in [6.07, 6.45) is 0. The number of hydrogen-bond acceptors (Lipinski definition) is 5. The van der Waals surface area contributed by atoms with Crippen molar-refractivity contribution < 1.29 is 13.6 Å². The highest BCUT2D eigenvalue weighted by atomic mass is 35.5. The van der Waals surface area contributed by atoms with Gasteiger partial charge in [0, 0.05) is 12.0 Å². The summed E-state index contributed by atoms with van der Waals surface area (Å²) >= 11 is 0. The Hall–Kier alpha value is -2.45. The number of Topliss-reactive ketones (excluding diaryl/α,β-unsaturated/α-hetero) is 1. The van der Waals surface area contributed by atoms with Crippen LogP contribution in [0.15, 0.2) is 30.3 Å². The lowest BCUT2D eigenvalue weighted by Crippen LogP contribution is -2.24. The van der Waals surface area contributed by atoms with Crippen molar-refractivity contribution in [3.05, 3.63) is 59.0 Å². The Balaban J connectivity index is 0.00000225. The molecule has 1 atom stereocenters. The van der Waals surface area contributed by atoms with Gasteiger partial charge in [-0.25, -0.2) is 8.78 Å². The number of nitrogens with two attached hydrogens (primary N) is 1. The van der Waals surface area contributed by atoms with Gasteiger partial charge in [-0.1, -0.05) is 13.8 Å². The van der Waals surface area contributed by atoms with Gasteiger partial charge in [-0.05, 0) is 24.3 Å². The summed E-state index contributed by atoms with van der Waals surface area (Å²) in [7, 11) is 0. The van der Waals surface area contributed by atoms with Crippen LogP contribution in [0.2, 0.25) is 0 Å². The van der Waals surface area contributed by atoms with Crippen LogP contribution in [0.3, 0.4) is 0 Å². The molecule has 2 N–H and O–H groups in total. The first-order chi connectivity index (χ1) is 11.4. The molecule has 132 valence electrons. The summed E-state index contributed by atoms with van der Waals surface area (Å²) < 4.78 is 28.3. The van der Waals surface area contributed by atoms with E-state index in [9.17, 15) is 13.6 Å². The van der Waals surface area contributed by atoms with Gasteiger partial charge in [0.15, 0.2) is 17.3 Å². The Morgan fingerprint density at radius 3 is 2.52 bits per heavy atom. The molecule has 1 unspecified atom stereocenters. The standard InChI is InChI=1S/C16H15F2N5O.ClH/c1-8(2)16-21-20-13-6-5-12(22-23(13)16)14(19)15(24)10-4-3-9(17)7-11(10)18;/h3-8,14H,19H2,1-2H3;1H. The van der Waals surface area contributed by atoms with E-state index in [0.29, 0.717) is 17.5 Å². The van der Waals surface area contributed by atoms with Crippen LogP contribution in [-0.2, 0) is 0 Å². The lowest BCUT2D eigenvalue weighted by Gasteiger charge is -2.11. The van der Waals surface area contributed by atoms with Crippen molar-refractivity contribution in [1.82, 2.24) is 19.8 Å². The molecule has 2 heterocycles. The van der Waals surface area contributed by atoms with Crippen molar-refractivity contribution >= 4 is 23.8 Å². The second-order valence-electron chi connectivity index (χ2n) is 5.71. The fraction of sp³-hybridized carbons (Fsp3) is 0.250. The topological polar surface area (TPSA) is 86.2 Å². The molecule has 0 aliphatic carbocycles. The number of rotatable bonds is 4. The number of hydrogen-bond donors (Lipinski definition) is 1. The molecule has 0 bridgehead atoms. The first-order valence-corrected chi connectivity index (χ1v) is 7.35. The Bertz CT molecular complexity index is 928. The van der Waals surface area contributed by atoms with Crippen molar-refractivity contribution in [2.75, 3.05) is 0 Å². The number of halogens is 3. The lowest BCUT2D eigenvalue weighted by atomic mass is 10.0. The molecule has 25 heavy (non-hydrogen) atoms. The van der Waals surface area contributed by atoms with E-state index >= 15 is 0 Å². The van der Waals surface area contributed by atoms with Gasteiger partial charge in [0.2, 0.25) is 0 Å². The molecular formula is C16H16ClF2N5O. The number of carbonyl (C=O) groups excluding carboxylic acids is 1. The Kier molecular flexibility index (Phi) is 5.44. The predicted octanol–water partition coefficient (Wildman–Crippen LogP) is 2.83. The highest BCUT2D eigenvalue weighted by Crippen LogP contribution is 2.19. The van der Waals surface area contributed by atoms with Gasteiger partial charge >= 0.3 is 0 Å². The predicted molar refractivity (Wildman–Crippen MR) is 89.7 cm³/mol. The summed E-state index contributed by atoms with van der Waals surface area (Å²) in [5.41, 5.74) is 6.43. The van der Waals surface area contributed by atoms with Crippen LogP contribution in [-0.4, -0.2) is 25.6 Å². The minimum Gasteiger partial charge on any atom is -0.316 e. The normalized spacial score (nSPS) is 12.2. The molecule has 0 fully saturated rings. The molecule has 2 aromatic heterocycles. The van der Waals surface area contributed by atoms with Crippen LogP contribution in [0.5, 0.6) is 0 Å². The van der Waals surface area contributed by atoms with E-state index in [1.165, 1.54) is 10.6 Å². The van der Waals surface area contributed by atoms with Gasteiger partial charge in [-0.2, -0.15) is 9.61 Å². The zero-order valence-corrected chi connectivity index (χ0v) is 14.3. The Morgan fingerprint density at radius 2 is 1.88 bits per heavy atom. The smallest absolute Gasteiger partial charge is 0.188 e. The number of nitrogens with zero attached hydrogens (tertiary/aromatic N) is 4. The van der Waals surface area contributed by atoms with E-state index in [0.717, 1.165) is 12.1 Å². The van der Waals surface area contributed by atoms with Crippen molar-refractivity contribution in [2.45, 2.75) is 25.8 Å². The number of carbonyl (C=O) groups is 1. The average Bonchev–Trinajstić information content (AvgIpc) is 2.96. The molecule has 0 saturated heterocycles. The third kappa shape index (κ3) is 3.49. The molecule has 0 spiro atoms. The van der Waals surface area contributed by atoms with Crippen molar-refractivity contribution in [2.24, 2.45) is 5.73 Å². The first kappa shape index (κ1) is 18.9. The van der Waals surface area contributed by atoms with Crippen LogP contribution in [0.4, 0.5) is 8.78 Å². The maximum atomic E-state index is 13.8. The molecule has 3 aromatic rings. The molecule has 0 aliphatic heterocycles. The van der Waals surface area contributed by atoms with Gasteiger partial charge in [0.05, 0.1) is 11.3 Å². The molecule has 3 rings (SSSR count). The number of aromatic nitrogens is 4. The fourth-order valence-electron chi connectivity index (χ4n) is 2.34. The minimum absolute atomic E-state index is 0. The van der Waals surface area contributed by atoms with Crippen molar-refractivity contribution in [1.29, 1.82) is 0 Å². The van der Waals surface area contributed by atoms with Crippen LogP contribution in [0.1, 0.15) is 47.7 Å². The molecular weight excluding hydrogens is 352 g/mol. The van der Waals surface area contributed by atoms with E-state index < -0.39 is 23.5 Å². The molecule has 0 saturated carbocycles. The first-order valence-electron chi connectivity index (χ1n) is 7.35. The molecule has 6 nitrogen and oxygen atoms in total. The van der Waals surface area contributed by atoms with Gasteiger partial charge < -0.3 is 5.73 Å². The third-order valence-electron chi connectivity index (χ3n) is 3.62. The van der Waals surface area contributed by atoms with Gasteiger partial charge in [0.1, 0.15) is 17.7 Å². The van der Waals surface area contributed by atoms with Crippen LogP contribution < -0.4 is 5.73 Å². The van der Waals surface area contributed by atoms with Crippen molar-refractivity contribution in [3.63, 3.8) is 0 Å². The van der Waals surface area contributed by atoms with E-state index in [2.05, 4.69) is 15.3 Å².